The number of hydrogen-bond donors (Lipinski definition) is 0. The van der Waals surface area contributed by atoms with Crippen LogP contribution in [0.1, 0.15) is 5.56 Å². The van der Waals surface area contributed by atoms with Gasteiger partial charge in [-0.2, -0.15) is 5.10 Å². The zero-order chi connectivity index (χ0) is 13.8. The Morgan fingerprint density at radius 1 is 1.05 bits per heavy atom. The Morgan fingerprint density at radius 2 is 1.90 bits per heavy atom. The van der Waals surface area contributed by atoms with E-state index < -0.39 is 0 Å². The summed E-state index contributed by atoms with van der Waals surface area (Å²) in [6.45, 7) is 0. The summed E-state index contributed by atoms with van der Waals surface area (Å²) >= 11 is 3.43. The van der Waals surface area contributed by atoms with Crippen molar-refractivity contribution in [2.75, 3.05) is 0 Å². The van der Waals surface area contributed by atoms with Crippen molar-refractivity contribution < 1.29 is 0 Å². The third kappa shape index (κ3) is 3.03. The van der Waals surface area contributed by atoms with Crippen LogP contribution in [0.4, 0.5) is 5.69 Å². The largest absolute Gasteiger partial charge is 0.256 e. The van der Waals surface area contributed by atoms with Crippen LogP contribution in [0.25, 0.3) is 5.69 Å². The van der Waals surface area contributed by atoms with Crippen molar-refractivity contribution in [3.8, 4) is 5.69 Å². The first-order valence-corrected chi connectivity index (χ1v) is 7.00. The first-order valence-electron chi connectivity index (χ1n) is 6.21. The van der Waals surface area contributed by atoms with E-state index in [0.717, 1.165) is 21.4 Å². The van der Waals surface area contributed by atoms with Crippen LogP contribution >= 0.6 is 15.9 Å². The van der Waals surface area contributed by atoms with Gasteiger partial charge in [-0.25, -0.2) is 4.68 Å². The van der Waals surface area contributed by atoms with Gasteiger partial charge in [0.05, 0.1) is 17.6 Å². The maximum absolute atomic E-state index is 4.44. The number of hydrogen-bond acceptors (Lipinski definition) is 2. The molecule has 0 radical (unpaired) electrons. The number of aromatic nitrogens is 2. The molecule has 0 N–H and O–H groups in total. The average molecular weight is 326 g/mol. The zero-order valence-electron chi connectivity index (χ0n) is 10.6. The maximum atomic E-state index is 4.44. The molecule has 4 heteroatoms. The molecule has 0 fully saturated rings. The molecule has 0 aliphatic rings. The molecule has 0 saturated heterocycles. The summed E-state index contributed by atoms with van der Waals surface area (Å²) in [7, 11) is 0. The molecule has 0 aliphatic carbocycles. The fourth-order valence-corrected chi connectivity index (χ4v) is 2.22. The molecule has 0 aliphatic heterocycles. The molecule has 1 aromatic heterocycles. The normalized spacial score (nSPS) is 11.1. The van der Waals surface area contributed by atoms with Gasteiger partial charge >= 0.3 is 0 Å². The van der Waals surface area contributed by atoms with Crippen LogP contribution in [0.3, 0.4) is 0 Å². The van der Waals surface area contributed by atoms with Crippen LogP contribution in [0.2, 0.25) is 0 Å². The predicted octanol–water partition coefficient (Wildman–Crippen LogP) is 4.39. The van der Waals surface area contributed by atoms with Crippen molar-refractivity contribution in [2.45, 2.75) is 0 Å². The molecule has 3 nitrogen and oxygen atoms in total. The fourth-order valence-electron chi connectivity index (χ4n) is 1.83. The van der Waals surface area contributed by atoms with Gasteiger partial charge in [-0.1, -0.05) is 40.2 Å². The molecule has 3 rings (SSSR count). The Bertz CT molecular complexity index is 732. The number of benzene rings is 2. The summed E-state index contributed by atoms with van der Waals surface area (Å²) in [5, 5.41) is 4.33. The Morgan fingerprint density at radius 3 is 2.70 bits per heavy atom. The molecule has 0 amide bonds. The van der Waals surface area contributed by atoms with Gasteiger partial charge in [0, 0.05) is 22.4 Å². The predicted molar refractivity (Wildman–Crippen MR) is 85.0 cm³/mol. The van der Waals surface area contributed by atoms with E-state index in [9.17, 15) is 0 Å². The number of aliphatic imine (C=N–C) groups is 1. The van der Waals surface area contributed by atoms with E-state index in [0.29, 0.717) is 0 Å². The topological polar surface area (TPSA) is 30.2 Å². The molecule has 0 saturated carbocycles. The molecular weight excluding hydrogens is 314 g/mol. The van der Waals surface area contributed by atoms with Crippen LogP contribution < -0.4 is 0 Å². The van der Waals surface area contributed by atoms with Crippen LogP contribution in [-0.2, 0) is 0 Å². The summed E-state index contributed by atoms with van der Waals surface area (Å²) in [6.07, 6.45) is 5.57. The molecule has 0 bridgehead atoms. The molecule has 3 aromatic rings. The van der Waals surface area contributed by atoms with Crippen LogP contribution in [0, 0.1) is 0 Å². The first kappa shape index (κ1) is 12.8. The van der Waals surface area contributed by atoms with Crippen LogP contribution in [0.5, 0.6) is 0 Å². The minimum absolute atomic E-state index is 0.909. The maximum Gasteiger partial charge on any atom is 0.0645 e. The van der Waals surface area contributed by atoms with Crippen molar-refractivity contribution in [1.29, 1.82) is 0 Å². The van der Waals surface area contributed by atoms with Gasteiger partial charge in [0.25, 0.3) is 0 Å². The molecule has 20 heavy (non-hydrogen) atoms. The van der Waals surface area contributed by atoms with E-state index >= 15 is 0 Å². The monoisotopic (exact) mass is 325 g/mol. The SMILES string of the molecule is Brc1cccc(N=Cc2cnn(-c3ccccc3)c2)c1. The Kier molecular flexibility index (Phi) is 3.74. The molecule has 98 valence electrons. The second-order valence-corrected chi connectivity index (χ2v) is 5.21. The second kappa shape index (κ2) is 5.84. The van der Waals surface area contributed by atoms with Crippen molar-refractivity contribution in [1.82, 2.24) is 9.78 Å². The minimum Gasteiger partial charge on any atom is -0.256 e. The van der Waals surface area contributed by atoms with E-state index in [4.69, 9.17) is 0 Å². The van der Waals surface area contributed by atoms with Gasteiger partial charge in [-0.05, 0) is 30.3 Å². The Balaban J connectivity index is 1.81. The molecule has 2 aromatic carbocycles. The van der Waals surface area contributed by atoms with Gasteiger partial charge in [0.1, 0.15) is 0 Å². The van der Waals surface area contributed by atoms with E-state index in [-0.39, 0.29) is 0 Å². The third-order valence-electron chi connectivity index (χ3n) is 2.79. The van der Waals surface area contributed by atoms with Crippen LogP contribution in [0.15, 0.2) is 76.5 Å². The standard InChI is InChI=1S/C16H12BrN3/c17-14-5-4-6-15(9-14)18-10-13-11-19-20(12-13)16-7-2-1-3-8-16/h1-12H. The third-order valence-corrected chi connectivity index (χ3v) is 3.29. The van der Waals surface area contributed by atoms with Crippen molar-refractivity contribution in [2.24, 2.45) is 4.99 Å². The minimum atomic E-state index is 0.909. The first-order chi connectivity index (χ1) is 9.81. The average Bonchev–Trinajstić information content (AvgIpc) is 2.95. The van der Waals surface area contributed by atoms with E-state index in [1.165, 1.54) is 0 Å². The summed E-state index contributed by atoms with van der Waals surface area (Å²) in [5.41, 5.74) is 2.91. The van der Waals surface area contributed by atoms with Gasteiger partial charge in [-0.15, -0.1) is 0 Å². The molecule has 0 atom stereocenters. The molecule has 1 heterocycles. The lowest BCUT2D eigenvalue weighted by molar-refractivity contribution is 0.880. The lowest BCUT2D eigenvalue weighted by Gasteiger charge is -1.98. The Hall–Kier alpha value is -2.20. The number of nitrogens with zero attached hydrogens (tertiary/aromatic N) is 3. The highest BCUT2D eigenvalue weighted by Gasteiger charge is 1.98. The van der Waals surface area contributed by atoms with Gasteiger partial charge < -0.3 is 0 Å². The lowest BCUT2D eigenvalue weighted by atomic mass is 10.3. The Labute approximate surface area is 125 Å². The molecule has 0 spiro atoms. The van der Waals surface area contributed by atoms with Crippen molar-refractivity contribution in [3.63, 3.8) is 0 Å². The van der Waals surface area contributed by atoms with E-state index in [1.54, 1.807) is 6.20 Å². The summed E-state index contributed by atoms with van der Waals surface area (Å²) in [6, 6.07) is 17.9. The highest BCUT2D eigenvalue weighted by atomic mass is 79.9. The number of rotatable bonds is 3. The van der Waals surface area contributed by atoms with Crippen molar-refractivity contribution in [3.05, 3.63) is 77.0 Å². The van der Waals surface area contributed by atoms with Gasteiger partial charge in [-0.3, -0.25) is 4.99 Å². The lowest BCUT2D eigenvalue weighted by Crippen LogP contribution is -1.92. The van der Waals surface area contributed by atoms with Crippen molar-refractivity contribution >= 4 is 27.8 Å². The molecule has 0 unspecified atom stereocenters. The number of halogens is 1. The van der Waals surface area contributed by atoms with Gasteiger partial charge in [0.15, 0.2) is 0 Å². The smallest absolute Gasteiger partial charge is 0.0645 e. The summed E-state index contributed by atoms with van der Waals surface area (Å²) < 4.78 is 2.86. The van der Waals surface area contributed by atoms with Gasteiger partial charge in [0.2, 0.25) is 0 Å². The van der Waals surface area contributed by atoms with E-state index in [1.807, 2.05) is 71.7 Å². The summed E-state index contributed by atoms with van der Waals surface area (Å²) in [5.74, 6) is 0. The fraction of sp³-hybridized carbons (Fsp3) is 0. The molecular formula is C16H12BrN3. The highest BCUT2D eigenvalue weighted by Crippen LogP contribution is 2.18. The quantitative estimate of drug-likeness (QED) is 0.657. The van der Waals surface area contributed by atoms with Crippen LogP contribution in [-0.4, -0.2) is 16.0 Å². The van der Waals surface area contributed by atoms with E-state index in [2.05, 4.69) is 26.0 Å². The zero-order valence-corrected chi connectivity index (χ0v) is 12.2. The second-order valence-electron chi connectivity index (χ2n) is 4.29. The number of para-hydroxylation sites is 1. The highest BCUT2D eigenvalue weighted by molar-refractivity contribution is 9.10. The summed E-state index contributed by atoms with van der Waals surface area (Å²) in [4.78, 5) is 4.44.